The third kappa shape index (κ3) is 7.87. The number of alkyl carbamates (subject to hydrolysis) is 1. The monoisotopic (exact) mass is 636 g/mol. The molecule has 1 N–H and O–H groups in total. The number of ether oxygens (including phenoxy) is 1. The van der Waals surface area contributed by atoms with Crippen LogP contribution >= 0.6 is 0 Å². The lowest BCUT2D eigenvalue weighted by Crippen LogP contribution is -2.32. The van der Waals surface area contributed by atoms with Crippen LogP contribution < -0.4 is 5.32 Å². The summed E-state index contributed by atoms with van der Waals surface area (Å²) in [6, 6.07) is 29.4. The summed E-state index contributed by atoms with van der Waals surface area (Å²) >= 11 is 0. The van der Waals surface area contributed by atoms with Gasteiger partial charge in [-0.05, 0) is 73.9 Å². The van der Waals surface area contributed by atoms with Crippen molar-refractivity contribution >= 4 is 22.9 Å². The van der Waals surface area contributed by atoms with E-state index in [9.17, 15) is 9.59 Å². The zero-order valence-electron chi connectivity index (χ0n) is 27.1. The highest BCUT2D eigenvalue weighted by Gasteiger charge is 2.21. The van der Waals surface area contributed by atoms with Crippen LogP contribution in [0.3, 0.4) is 0 Å². The average molecular weight is 637 g/mol. The van der Waals surface area contributed by atoms with Gasteiger partial charge in [0, 0.05) is 66.2 Å². The van der Waals surface area contributed by atoms with Crippen molar-refractivity contribution in [1.29, 1.82) is 0 Å². The number of hydrogen-bond acceptors (Lipinski definition) is 7. The normalized spacial score (nSPS) is 11.2. The minimum Gasteiger partial charge on any atom is -0.444 e. The first-order valence-corrected chi connectivity index (χ1v) is 15.7. The van der Waals surface area contributed by atoms with Gasteiger partial charge in [-0.15, -0.1) is 0 Å². The molecule has 2 amide bonds. The van der Waals surface area contributed by atoms with Crippen LogP contribution in [-0.4, -0.2) is 42.4 Å². The molecule has 0 unspecified atom stereocenters. The Morgan fingerprint density at radius 3 is 2.12 bits per heavy atom. The highest BCUT2D eigenvalue weighted by Crippen LogP contribution is 2.34. The third-order valence-electron chi connectivity index (χ3n) is 7.65. The van der Waals surface area contributed by atoms with Gasteiger partial charge in [-0.2, -0.15) is 0 Å². The van der Waals surface area contributed by atoms with Crippen LogP contribution in [-0.2, 0) is 24.4 Å². The van der Waals surface area contributed by atoms with E-state index in [1.54, 1.807) is 48.0 Å². The van der Waals surface area contributed by atoms with E-state index in [0.29, 0.717) is 18.7 Å². The Bertz CT molecular complexity index is 2010. The molecule has 0 atom stereocenters. The van der Waals surface area contributed by atoms with Crippen molar-refractivity contribution in [3.05, 3.63) is 144 Å². The summed E-state index contributed by atoms with van der Waals surface area (Å²) < 4.78 is 5.36. The van der Waals surface area contributed by atoms with E-state index in [4.69, 9.17) is 14.7 Å². The van der Waals surface area contributed by atoms with E-state index < -0.39 is 11.7 Å². The van der Waals surface area contributed by atoms with Gasteiger partial charge in [-0.1, -0.05) is 54.6 Å². The number of aromatic nitrogens is 4. The van der Waals surface area contributed by atoms with E-state index in [1.165, 1.54) is 0 Å². The van der Waals surface area contributed by atoms with Crippen molar-refractivity contribution in [3.63, 3.8) is 0 Å². The third-order valence-corrected chi connectivity index (χ3v) is 7.65. The van der Waals surface area contributed by atoms with Gasteiger partial charge in [0.15, 0.2) is 0 Å². The fraction of sp³-hybridized carbons (Fsp3) is 0.179. The van der Waals surface area contributed by atoms with Crippen LogP contribution in [0.1, 0.15) is 48.0 Å². The molecule has 0 saturated heterocycles. The van der Waals surface area contributed by atoms with Crippen molar-refractivity contribution in [3.8, 4) is 22.4 Å². The molecule has 9 nitrogen and oxygen atoms in total. The summed E-state index contributed by atoms with van der Waals surface area (Å²) in [5.41, 5.74) is 7.09. The quantitative estimate of drug-likeness (QED) is 0.174. The molecular formula is C39H36N6O3. The Labute approximate surface area is 279 Å². The zero-order valence-corrected chi connectivity index (χ0v) is 27.1. The molecule has 6 aromatic rings. The Morgan fingerprint density at radius 1 is 0.750 bits per heavy atom. The first kappa shape index (κ1) is 32.0. The summed E-state index contributed by atoms with van der Waals surface area (Å²) in [5, 5.41) is 3.68. The minimum atomic E-state index is -0.564. The number of rotatable bonds is 9. The first-order valence-electron chi connectivity index (χ1n) is 15.7. The van der Waals surface area contributed by atoms with Crippen molar-refractivity contribution in [2.24, 2.45) is 0 Å². The largest absolute Gasteiger partial charge is 0.444 e. The van der Waals surface area contributed by atoms with Gasteiger partial charge in [0.1, 0.15) is 5.60 Å². The van der Waals surface area contributed by atoms with E-state index in [1.807, 2.05) is 81.4 Å². The number of benzene rings is 2. The highest BCUT2D eigenvalue weighted by molar-refractivity contribution is 5.95. The molecule has 0 aliphatic rings. The van der Waals surface area contributed by atoms with E-state index in [-0.39, 0.29) is 12.5 Å². The van der Waals surface area contributed by atoms with Gasteiger partial charge in [-0.3, -0.25) is 19.7 Å². The lowest BCUT2D eigenvalue weighted by atomic mass is 9.96. The summed E-state index contributed by atoms with van der Waals surface area (Å²) in [6.07, 6.45) is 7.97. The van der Waals surface area contributed by atoms with Gasteiger partial charge < -0.3 is 15.0 Å². The Hall–Kier alpha value is -5.96. The fourth-order valence-corrected chi connectivity index (χ4v) is 5.37. The molecule has 0 radical (unpaired) electrons. The van der Waals surface area contributed by atoms with Crippen LogP contribution in [0.5, 0.6) is 0 Å². The second-order valence-electron chi connectivity index (χ2n) is 12.4. The maximum absolute atomic E-state index is 13.8. The standard InChI is InChI=1S/C39H36N6O3/c1-39(2,3)48-38(47)43-24-27-9-11-30(12-10-27)36-32(29-7-5-4-6-8-29)23-33-34(44-36)17-22-42-35(33)26-45(25-28-13-18-40-19-14-28)37(46)31-15-20-41-21-16-31/h4-23H,24-26H2,1-3H3,(H,43,47). The molecule has 0 spiro atoms. The van der Waals surface area contributed by atoms with Crippen molar-refractivity contribution < 1.29 is 14.3 Å². The maximum atomic E-state index is 13.8. The molecule has 0 bridgehead atoms. The number of carbonyl (C=O) groups is 2. The van der Waals surface area contributed by atoms with E-state index in [0.717, 1.165) is 50.1 Å². The predicted octanol–water partition coefficient (Wildman–Crippen LogP) is 7.62. The number of carbonyl (C=O) groups excluding carboxylic acids is 2. The molecular weight excluding hydrogens is 600 g/mol. The van der Waals surface area contributed by atoms with Crippen molar-refractivity contribution in [1.82, 2.24) is 30.2 Å². The molecule has 0 aliphatic heterocycles. The van der Waals surface area contributed by atoms with Gasteiger partial charge in [0.05, 0.1) is 23.4 Å². The van der Waals surface area contributed by atoms with Crippen LogP contribution in [0.25, 0.3) is 33.3 Å². The molecule has 6 rings (SSSR count). The Kier molecular flexibility index (Phi) is 9.47. The molecule has 0 aliphatic carbocycles. The van der Waals surface area contributed by atoms with Gasteiger partial charge in [0.2, 0.25) is 0 Å². The predicted molar refractivity (Wildman–Crippen MR) is 186 cm³/mol. The van der Waals surface area contributed by atoms with Crippen LogP contribution in [0.2, 0.25) is 0 Å². The van der Waals surface area contributed by atoms with Crippen LogP contribution in [0.15, 0.2) is 122 Å². The van der Waals surface area contributed by atoms with Crippen molar-refractivity contribution in [2.45, 2.75) is 46.0 Å². The summed E-state index contributed by atoms with van der Waals surface area (Å²) in [7, 11) is 0. The molecule has 2 aromatic carbocycles. The SMILES string of the molecule is CC(C)(C)OC(=O)NCc1ccc(-c2nc3ccnc(CN(Cc4ccncc4)C(=O)c4ccncc4)c3cc2-c2ccccc2)cc1. The fourth-order valence-electron chi connectivity index (χ4n) is 5.37. The minimum absolute atomic E-state index is 0.123. The number of amides is 2. The molecule has 240 valence electrons. The number of pyridine rings is 4. The van der Waals surface area contributed by atoms with E-state index in [2.05, 4.69) is 33.5 Å². The molecule has 4 aromatic heterocycles. The molecule has 4 heterocycles. The number of nitrogens with one attached hydrogen (secondary N) is 1. The average Bonchev–Trinajstić information content (AvgIpc) is 3.10. The molecule has 0 fully saturated rings. The first-order chi connectivity index (χ1) is 23.2. The maximum Gasteiger partial charge on any atom is 0.407 e. The zero-order chi connectivity index (χ0) is 33.5. The summed E-state index contributed by atoms with van der Waals surface area (Å²) in [4.78, 5) is 45.9. The lowest BCUT2D eigenvalue weighted by molar-refractivity contribution is 0.0523. The molecule has 48 heavy (non-hydrogen) atoms. The summed E-state index contributed by atoms with van der Waals surface area (Å²) in [6.45, 7) is 6.50. The van der Waals surface area contributed by atoms with Crippen molar-refractivity contribution in [2.75, 3.05) is 0 Å². The molecule has 9 heteroatoms. The second kappa shape index (κ2) is 14.2. The van der Waals surface area contributed by atoms with Gasteiger partial charge in [-0.25, -0.2) is 9.78 Å². The molecule has 0 saturated carbocycles. The number of fused-ring (bicyclic) bond motifs is 1. The second-order valence-corrected chi connectivity index (χ2v) is 12.4. The lowest BCUT2D eigenvalue weighted by Gasteiger charge is -2.23. The van der Waals surface area contributed by atoms with Gasteiger partial charge >= 0.3 is 6.09 Å². The van der Waals surface area contributed by atoms with E-state index >= 15 is 0 Å². The Balaban J connectivity index is 1.36. The van der Waals surface area contributed by atoms with Crippen LogP contribution in [0.4, 0.5) is 4.79 Å². The highest BCUT2D eigenvalue weighted by atomic mass is 16.6. The Morgan fingerprint density at radius 2 is 1.44 bits per heavy atom. The van der Waals surface area contributed by atoms with Gasteiger partial charge in [0.25, 0.3) is 5.91 Å². The number of hydrogen-bond donors (Lipinski definition) is 1. The number of nitrogens with zero attached hydrogens (tertiary/aromatic N) is 5. The topological polar surface area (TPSA) is 110 Å². The summed E-state index contributed by atoms with van der Waals surface area (Å²) in [5.74, 6) is -0.123. The smallest absolute Gasteiger partial charge is 0.407 e. The van der Waals surface area contributed by atoms with Crippen LogP contribution in [0, 0.1) is 0 Å².